The minimum absolute atomic E-state index is 0.0824. The van der Waals surface area contributed by atoms with Gasteiger partial charge in [0.15, 0.2) is 6.10 Å². The minimum atomic E-state index is -1.12. The van der Waals surface area contributed by atoms with Crippen LogP contribution in [-0.4, -0.2) is 54.5 Å². The molecule has 0 saturated carbocycles. The number of carbonyl (C=O) groups excluding carboxylic acids is 2. The van der Waals surface area contributed by atoms with Gasteiger partial charge in [-0.1, -0.05) is 68.8 Å². The third kappa shape index (κ3) is 4.77. The average molecular weight is 467 g/mol. The van der Waals surface area contributed by atoms with E-state index in [0.29, 0.717) is 12.8 Å². The van der Waals surface area contributed by atoms with Crippen molar-refractivity contribution in [2.75, 3.05) is 13.2 Å². The van der Waals surface area contributed by atoms with Crippen molar-refractivity contribution in [1.29, 1.82) is 0 Å². The van der Waals surface area contributed by atoms with Gasteiger partial charge in [0.05, 0.1) is 6.04 Å². The lowest BCUT2D eigenvalue weighted by atomic mass is 9.97. The molecule has 8 nitrogen and oxygen atoms in total. The van der Waals surface area contributed by atoms with Gasteiger partial charge in [0.1, 0.15) is 12.6 Å². The zero-order valence-electron chi connectivity index (χ0n) is 19.3. The van der Waals surface area contributed by atoms with Crippen molar-refractivity contribution in [2.45, 2.75) is 50.8 Å². The predicted octanol–water partition coefficient (Wildman–Crippen LogP) is 3.30. The SMILES string of the molecule is CCC(C)[C@H](NC(=O)OCC1c2ccccc2-c2ccccc21)C(=O)NC1CCOC1C(=O)O. The number of hydrogen-bond acceptors (Lipinski definition) is 5. The molecule has 1 heterocycles. The van der Waals surface area contributed by atoms with Crippen LogP contribution in [0.1, 0.15) is 43.7 Å². The first-order valence-electron chi connectivity index (χ1n) is 11.7. The normalized spacial score (nSPS) is 20.6. The third-order valence-electron chi connectivity index (χ3n) is 6.78. The molecule has 3 N–H and O–H groups in total. The van der Waals surface area contributed by atoms with Gasteiger partial charge in [0, 0.05) is 12.5 Å². The summed E-state index contributed by atoms with van der Waals surface area (Å²) in [5.41, 5.74) is 4.48. The van der Waals surface area contributed by atoms with Crippen molar-refractivity contribution in [3.63, 3.8) is 0 Å². The van der Waals surface area contributed by atoms with Gasteiger partial charge < -0.3 is 25.2 Å². The molecule has 2 aromatic carbocycles. The topological polar surface area (TPSA) is 114 Å². The number of carboxylic acid groups (broad SMARTS) is 1. The van der Waals surface area contributed by atoms with E-state index in [4.69, 9.17) is 9.47 Å². The van der Waals surface area contributed by atoms with Gasteiger partial charge in [-0.3, -0.25) is 4.79 Å². The van der Waals surface area contributed by atoms with Gasteiger partial charge in [-0.2, -0.15) is 0 Å². The summed E-state index contributed by atoms with van der Waals surface area (Å²) >= 11 is 0. The summed E-state index contributed by atoms with van der Waals surface area (Å²) in [5, 5.41) is 14.7. The Labute approximate surface area is 198 Å². The highest BCUT2D eigenvalue weighted by Crippen LogP contribution is 2.44. The number of alkyl carbamates (subject to hydrolysis) is 1. The smallest absolute Gasteiger partial charge is 0.407 e. The second kappa shape index (κ2) is 10.3. The number of ether oxygens (including phenoxy) is 2. The van der Waals surface area contributed by atoms with Crippen LogP contribution in [-0.2, 0) is 19.1 Å². The lowest BCUT2D eigenvalue weighted by molar-refractivity contribution is -0.148. The van der Waals surface area contributed by atoms with Gasteiger partial charge in [0.25, 0.3) is 0 Å². The van der Waals surface area contributed by atoms with Crippen molar-refractivity contribution < 1.29 is 29.0 Å². The first-order valence-corrected chi connectivity index (χ1v) is 11.7. The number of hydrogen-bond donors (Lipinski definition) is 3. The Morgan fingerprint density at radius 2 is 1.71 bits per heavy atom. The zero-order chi connectivity index (χ0) is 24.2. The Morgan fingerprint density at radius 3 is 2.29 bits per heavy atom. The summed E-state index contributed by atoms with van der Waals surface area (Å²) in [5.74, 6) is -1.82. The van der Waals surface area contributed by atoms with Crippen LogP contribution in [0.2, 0.25) is 0 Å². The van der Waals surface area contributed by atoms with E-state index in [-0.39, 0.29) is 25.0 Å². The standard InChI is InChI=1S/C26H30N2O6/c1-3-15(2)22(24(29)27-21-12-13-33-23(21)25(30)31)28-26(32)34-14-20-18-10-6-4-8-16(18)17-9-5-7-11-19(17)20/h4-11,15,20-23H,3,12-14H2,1-2H3,(H,27,29)(H,28,32)(H,30,31)/t15?,21?,22-,23?/m0/s1. The van der Waals surface area contributed by atoms with E-state index in [0.717, 1.165) is 22.3 Å². The molecule has 0 aromatic heterocycles. The fraction of sp³-hybridized carbons (Fsp3) is 0.423. The van der Waals surface area contributed by atoms with Crippen LogP contribution in [0, 0.1) is 5.92 Å². The van der Waals surface area contributed by atoms with Gasteiger partial charge in [-0.05, 0) is 34.6 Å². The summed E-state index contributed by atoms with van der Waals surface area (Å²) in [7, 11) is 0. The van der Waals surface area contributed by atoms with Crippen LogP contribution in [0.3, 0.4) is 0 Å². The summed E-state index contributed by atoms with van der Waals surface area (Å²) in [6.07, 6.45) is -0.720. The number of carbonyl (C=O) groups is 3. The molecule has 4 rings (SSSR count). The Hall–Kier alpha value is -3.39. The minimum Gasteiger partial charge on any atom is -0.479 e. The molecule has 0 bridgehead atoms. The van der Waals surface area contributed by atoms with Crippen LogP contribution in [0.15, 0.2) is 48.5 Å². The van der Waals surface area contributed by atoms with Crippen molar-refractivity contribution in [1.82, 2.24) is 10.6 Å². The number of fused-ring (bicyclic) bond motifs is 3. The molecule has 1 saturated heterocycles. The van der Waals surface area contributed by atoms with Crippen LogP contribution in [0.5, 0.6) is 0 Å². The number of rotatable bonds is 8. The Balaban J connectivity index is 1.41. The molecule has 0 spiro atoms. The highest BCUT2D eigenvalue weighted by Gasteiger charge is 2.38. The summed E-state index contributed by atoms with van der Waals surface area (Å²) in [6.45, 7) is 4.18. The maximum atomic E-state index is 13.0. The van der Waals surface area contributed by atoms with Crippen LogP contribution in [0.25, 0.3) is 11.1 Å². The highest BCUT2D eigenvalue weighted by atomic mass is 16.5. The molecule has 3 unspecified atom stereocenters. The average Bonchev–Trinajstić information content (AvgIpc) is 3.43. The largest absolute Gasteiger partial charge is 0.479 e. The van der Waals surface area contributed by atoms with Gasteiger partial charge >= 0.3 is 12.1 Å². The summed E-state index contributed by atoms with van der Waals surface area (Å²) < 4.78 is 10.8. The first-order chi connectivity index (χ1) is 16.4. The van der Waals surface area contributed by atoms with E-state index in [1.165, 1.54) is 0 Å². The zero-order valence-corrected chi connectivity index (χ0v) is 19.3. The molecule has 2 aromatic rings. The number of benzene rings is 2. The van der Waals surface area contributed by atoms with E-state index < -0.39 is 36.2 Å². The number of aliphatic carboxylic acids is 1. The Bertz CT molecular complexity index is 1030. The molecule has 34 heavy (non-hydrogen) atoms. The first kappa shape index (κ1) is 23.8. The lowest BCUT2D eigenvalue weighted by Crippen LogP contribution is -2.54. The van der Waals surface area contributed by atoms with Crippen LogP contribution < -0.4 is 10.6 Å². The molecular weight excluding hydrogens is 436 g/mol. The van der Waals surface area contributed by atoms with Crippen molar-refractivity contribution >= 4 is 18.0 Å². The summed E-state index contributed by atoms with van der Waals surface area (Å²) in [4.78, 5) is 37.0. The molecule has 4 atom stereocenters. The lowest BCUT2D eigenvalue weighted by Gasteiger charge is -2.26. The fourth-order valence-corrected chi connectivity index (χ4v) is 4.72. The van der Waals surface area contributed by atoms with E-state index >= 15 is 0 Å². The second-order valence-corrected chi connectivity index (χ2v) is 8.87. The van der Waals surface area contributed by atoms with Gasteiger partial charge in [0.2, 0.25) is 5.91 Å². The van der Waals surface area contributed by atoms with Crippen molar-refractivity contribution in [2.24, 2.45) is 5.92 Å². The monoisotopic (exact) mass is 466 g/mol. The molecule has 2 amide bonds. The Kier molecular flexibility index (Phi) is 7.17. The molecular formula is C26H30N2O6. The fourth-order valence-electron chi connectivity index (χ4n) is 4.72. The van der Waals surface area contributed by atoms with E-state index in [2.05, 4.69) is 22.8 Å². The van der Waals surface area contributed by atoms with Crippen LogP contribution in [0.4, 0.5) is 4.79 Å². The van der Waals surface area contributed by atoms with Gasteiger partial charge in [-0.15, -0.1) is 0 Å². The second-order valence-electron chi connectivity index (χ2n) is 8.87. The maximum Gasteiger partial charge on any atom is 0.407 e. The van der Waals surface area contributed by atoms with E-state index in [1.807, 2.05) is 50.2 Å². The number of nitrogens with one attached hydrogen (secondary N) is 2. The quantitative estimate of drug-likeness (QED) is 0.550. The van der Waals surface area contributed by atoms with E-state index in [1.54, 1.807) is 0 Å². The molecule has 8 heteroatoms. The molecule has 0 radical (unpaired) electrons. The number of carboxylic acids is 1. The maximum absolute atomic E-state index is 13.0. The van der Waals surface area contributed by atoms with E-state index in [9.17, 15) is 19.5 Å². The molecule has 2 aliphatic rings. The van der Waals surface area contributed by atoms with Crippen LogP contribution >= 0.6 is 0 Å². The highest BCUT2D eigenvalue weighted by molar-refractivity contribution is 5.87. The molecule has 1 fully saturated rings. The van der Waals surface area contributed by atoms with Gasteiger partial charge in [-0.25, -0.2) is 9.59 Å². The summed E-state index contributed by atoms with van der Waals surface area (Å²) in [6, 6.07) is 14.6. The molecule has 1 aliphatic carbocycles. The predicted molar refractivity (Wildman–Crippen MR) is 125 cm³/mol. The number of amides is 2. The Morgan fingerprint density at radius 1 is 1.09 bits per heavy atom. The molecule has 1 aliphatic heterocycles. The molecule has 180 valence electrons. The van der Waals surface area contributed by atoms with Crippen molar-refractivity contribution in [3.05, 3.63) is 59.7 Å². The van der Waals surface area contributed by atoms with Crippen molar-refractivity contribution in [3.8, 4) is 11.1 Å². The third-order valence-corrected chi connectivity index (χ3v) is 6.78.